The van der Waals surface area contributed by atoms with E-state index in [-0.39, 0.29) is 11.0 Å². The van der Waals surface area contributed by atoms with Crippen LogP contribution in [-0.4, -0.2) is 11.7 Å². The van der Waals surface area contributed by atoms with Gasteiger partial charge in [0, 0.05) is 0 Å². The van der Waals surface area contributed by atoms with Crippen molar-refractivity contribution in [2.24, 2.45) is 11.3 Å². The molecule has 1 saturated carbocycles. The van der Waals surface area contributed by atoms with Crippen LogP contribution < -0.4 is 0 Å². The van der Waals surface area contributed by atoms with Gasteiger partial charge in [-0.05, 0) is 51.9 Å². The van der Waals surface area contributed by atoms with Crippen molar-refractivity contribution >= 4 is 0 Å². The molecule has 2 heteroatoms. The maximum absolute atomic E-state index is 9.54. The van der Waals surface area contributed by atoms with E-state index in [2.05, 4.69) is 26.8 Å². The van der Waals surface area contributed by atoms with E-state index in [1.807, 2.05) is 0 Å². The van der Waals surface area contributed by atoms with Gasteiger partial charge < -0.3 is 4.74 Å². The van der Waals surface area contributed by atoms with Crippen molar-refractivity contribution in [3.8, 4) is 6.07 Å². The predicted octanol–water partition coefficient (Wildman–Crippen LogP) is 4.05. The van der Waals surface area contributed by atoms with Crippen LogP contribution in [0.5, 0.6) is 0 Å². The van der Waals surface area contributed by atoms with Gasteiger partial charge in [-0.1, -0.05) is 19.8 Å². The molecule has 2 nitrogen and oxygen atoms in total. The van der Waals surface area contributed by atoms with E-state index in [1.54, 1.807) is 0 Å². The fourth-order valence-electron chi connectivity index (χ4n) is 3.65. The highest BCUT2D eigenvalue weighted by molar-refractivity contribution is 5.03. The summed E-state index contributed by atoms with van der Waals surface area (Å²) in [5.74, 6) is 0.706. The van der Waals surface area contributed by atoms with Crippen LogP contribution in [0.3, 0.4) is 0 Å². The van der Waals surface area contributed by atoms with Crippen molar-refractivity contribution in [1.82, 2.24) is 0 Å². The first kappa shape index (κ1) is 12.9. The molecule has 0 aromatic rings. The molecule has 2 fully saturated rings. The molecule has 0 aromatic carbocycles. The molecule has 2 aliphatic rings. The Morgan fingerprint density at radius 3 is 2.59 bits per heavy atom. The lowest BCUT2D eigenvalue weighted by atomic mass is 9.68. The summed E-state index contributed by atoms with van der Waals surface area (Å²) in [5, 5.41) is 9.54. The predicted molar refractivity (Wildman–Crippen MR) is 68.5 cm³/mol. The highest BCUT2D eigenvalue weighted by atomic mass is 16.5. The lowest BCUT2D eigenvalue weighted by molar-refractivity contribution is -0.0351. The van der Waals surface area contributed by atoms with Gasteiger partial charge in [-0.2, -0.15) is 5.26 Å². The number of ether oxygens (including phenoxy) is 1. The third-order valence-electron chi connectivity index (χ3n) is 4.50. The number of rotatable bonds is 2. The third-order valence-corrected chi connectivity index (χ3v) is 4.50. The fourth-order valence-corrected chi connectivity index (χ4v) is 3.65. The standard InChI is InChI=1S/C15H25NO/c1-12-5-4-7-15(9-12,11-16)10-13-6-8-14(2,3)17-13/h12-13H,4-10H2,1-3H3. The molecule has 0 radical (unpaired) electrons. The summed E-state index contributed by atoms with van der Waals surface area (Å²) in [4.78, 5) is 0. The van der Waals surface area contributed by atoms with E-state index < -0.39 is 0 Å². The molecule has 1 saturated heterocycles. The zero-order chi connectivity index (χ0) is 12.5. The van der Waals surface area contributed by atoms with Crippen molar-refractivity contribution in [1.29, 1.82) is 5.26 Å². The second kappa shape index (κ2) is 4.61. The first-order valence-electron chi connectivity index (χ1n) is 7.04. The van der Waals surface area contributed by atoms with Gasteiger partial charge in [0.25, 0.3) is 0 Å². The van der Waals surface area contributed by atoms with Gasteiger partial charge in [-0.15, -0.1) is 0 Å². The average Bonchev–Trinajstić information content (AvgIpc) is 2.58. The van der Waals surface area contributed by atoms with Gasteiger partial charge in [-0.3, -0.25) is 0 Å². The zero-order valence-corrected chi connectivity index (χ0v) is 11.5. The highest BCUT2D eigenvalue weighted by Gasteiger charge is 2.41. The van der Waals surface area contributed by atoms with E-state index in [0.29, 0.717) is 12.0 Å². The van der Waals surface area contributed by atoms with Gasteiger partial charge in [0.2, 0.25) is 0 Å². The summed E-state index contributed by atoms with van der Waals surface area (Å²) in [6, 6.07) is 2.62. The second-order valence-electron chi connectivity index (χ2n) is 6.84. The Labute approximate surface area is 105 Å². The molecule has 1 heterocycles. The minimum atomic E-state index is -0.0945. The molecular weight excluding hydrogens is 210 g/mol. The van der Waals surface area contributed by atoms with Crippen molar-refractivity contribution < 1.29 is 4.74 Å². The summed E-state index contributed by atoms with van der Waals surface area (Å²) >= 11 is 0. The van der Waals surface area contributed by atoms with Crippen LogP contribution in [0.4, 0.5) is 0 Å². The van der Waals surface area contributed by atoms with Crippen LogP contribution in [-0.2, 0) is 4.74 Å². The minimum absolute atomic E-state index is 0.0294. The molecule has 0 N–H and O–H groups in total. The van der Waals surface area contributed by atoms with Crippen LogP contribution in [0.15, 0.2) is 0 Å². The second-order valence-corrected chi connectivity index (χ2v) is 6.84. The summed E-state index contributed by atoms with van der Waals surface area (Å²) in [6.45, 7) is 6.61. The monoisotopic (exact) mass is 235 g/mol. The summed E-state index contributed by atoms with van der Waals surface area (Å²) in [6.07, 6.45) is 8.19. The fraction of sp³-hybridized carbons (Fsp3) is 0.933. The van der Waals surface area contributed by atoms with Gasteiger partial charge in [0.15, 0.2) is 0 Å². The maximum atomic E-state index is 9.54. The lowest BCUT2D eigenvalue weighted by Crippen LogP contribution is -2.31. The van der Waals surface area contributed by atoms with Gasteiger partial charge in [0.1, 0.15) is 0 Å². The van der Waals surface area contributed by atoms with E-state index in [0.717, 1.165) is 32.1 Å². The Morgan fingerprint density at radius 1 is 1.29 bits per heavy atom. The molecule has 1 aliphatic carbocycles. The molecule has 0 bridgehead atoms. The molecule has 3 atom stereocenters. The summed E-state index contributed by atoms with van der Waals surface area (Å²) in [7, 11) is 0. The third kappa shape index (κ3) is 3.01. The number of hydrogen-bond donors (Lipinski definition) is 0. The van der Waals surface area contributed by atoms with Crippen LogP contribution in [0.1, 0.15) is 65.7 Å². The molecule has 1 aliphatic heterocycles. The van der Waals surface area contributed by atoms with Crippen molar-refractivity contribution in [3.05, 3.63) is 0 Å². The van der Waals surface area contributed by atoms with Crippen molar-refractivity contribution in [3.63, 3.8) is 0 Å². The molecule has 0 amide bonds. The van der Waals surface area contributed by atoms with Gasteiger partial charge in [0.05, 0.1) is 23.2 Å². The molecule has 17 heavy (non-hydrogen) atoms. The van der Waals surface area contributed by atoms with Gasteiger partial charge in [-0.25, -0.2) is 0 Å². The maximum Gasteiger partial charge on any atom is 0.0690 e. The smallest absolute Gasteiger partial charge is 0.0690 e. The largest absolute Gasteiger partial charge is 0.372 e. The summed E-state index contributed by atoms with van der Waals surface area (Å²) in [5.41, 5.74) is -0.0651. The quantitative estimate of drug-likeness (QED) is 0.723. The van der Waals surface area contributed by atoms with Crippen LogP contribution >= 0.6 is 0 Å². The van der Waals surface area contributed by atoms with Crippen LogP contribution in [0, 0.1) is 22.7 Å². The number of nitriles is 1. The Bertz CT molecular complexity index is 317. The van der Waals surface area contributed by atoms with Crippen molar-refractivity contribution in [2.75, 3.05) is 0 Å². The molecular formula is C15H25NO. The van der Waals surface area contributed by atoms with E-state index in [1.165, 1.54) is 12.8 Å². The normalized spacial score (nSPS) is 41.1. The van der Waals surface area contributed by atoms with E-state index in [4.69, 9.17) is 4.74 Å². The Morgan fingerprint density at radius 2 is 2.06 bits per heavy atom. The number of nitrogens with zero attached hydrogens (tertiary/aromatic N) is 1. The van der Waals surface area contributed by atoms with E-state index in [9.17, 15) is 5.26 Å². The first-order valence-corrected chi connectivity index (χ1v) is 7.04. The van der Waals surface area contributed by atoms with Crippen molar-refractivity contribution in [2.45, 2.75) is 77.4 Å². The Kier molecular flexibility index (Phi) is 3.50. The first-order chi connectivity index (χ1) is 7.95. The Hall–Kier alpha value is -0.550. The molecule has 96 valence electrons. The molecule has 0 aromatic heterocycles. The van der Waals surface area contributed by atoms with Crippen LogP contribution in [0.2, 0.25) is 0 Å². The molecule has 0 spiro atoms. The van der Waals surface area contributed by atoms with Crippen LogP contribution in [0.25, 0.3) is 0 Å². The van der Waals surface area contributed by atoms with Gasteiger partial charge >= 0.3 is 0 Å². The minimum Gasteiger partial charge on any atom is -0.372 e. The highest BCUT2D eigenvalue weighted by Crippen LogP contribution is 2.45. The summed E-state index contributed by atoms with van der Waals surface area (Å²) < 4.78 is 6.06. The SMILES string of the molecule is CC1CCCC(C#N)(CC2CCC(C)(C)O2)C1. The Balaban J connectivity index is 1.98. The zero-order valence-electron chi connectivity index (χ0n) is 11.5. The topological polar surface area (TPSA) is 33.0 Å². The molecule has 2 rings (SSSR count). The molecule has 3 unspecified atom stereocenters. The lowest BCUT2D eigenvalue weighted by Gasteiger charge is -2.36. The average molecular weight is 235 g/mol. The van der Waals surface area contributed by atoms with E-state index >= 15 is 0 Å². The number of hydrogen-bond acceptors (Lipinski definition) is 2.